The first kappa shape index (κ1) is 14.8. The van der Waals surface area contributed by atoms with Crippen molar-refractivity contribution in [3.63, 3.8) is 0 Å². The van der Waals surface area contributed by atoms with Crippen molar-refractivity contribution >= 4 is 0 Å². The van der Waals surface area contributed by atoms with Crippen molar-refractivity contribution in [2.45, 2.75) is 52.7 Å². The Labute approximate surface area is 122 Å². The lowest BCUT2D eigenvalue weighted by Crippen LogP contribution is -2.15. The molecule has 0 aliphatic heterocycles. The van der Waals surface area contributed by atoms with Crippen LogP contribution in [0.15, 0.2) is 36.5 Å². The lowest BCUT2D eigenvalue weighted by molar-refractivity contribution is 0.471. The van der Waals surface area contributed by atoms with Gasteiger partial charge in [-0.15, -0.1) is 0 Å². The summed E-state index contributed by atoms with van der Waals surface area (Å²) in [7, 11) is 0. The number of benzene rings is 1. The van der Waals surface area contributed by atoms with E-state index < -0.39 is 0 Å². The summed E-state index contributed by atoms with van der Waals surface area (Å²) in [6.07, 6.45) is 4.27. The highest BCUT2D eigenvalue weighted by Gasteiger charge is 2.05. The van der Waals surface area contributed by atoms with E-state index in [0.29, 0.717) is 6.04 Å². The van der Waals surface area contributed by atoms with Crippen LogP contribution in [0.5, 0.6) is 0 Å². The van der Waals surface area contributed by atoms with Gasteiger partial charge in [0.1, 0.15) is 0 Å². The Kier molecular flexibility index (Phi) is 5.36. The topological polar surface area (TPSA) is 29.9 Å². The van der Waals surface area contributed by atoms with Gasteiger partial charge in [-0.1, -0.05) is 38.1 Å². The van der Waals surface area contributed by atoms with Crippen molar-refractivity contribution in [1.82, 2.24) is 15.1 Å². The fourth-order valence-electron chi connectivity index (χ4n) is 2.30. The molecule has 0 spiro atoms. The Balaban J connectivity index is 1.88. The van der Waals surface area contributed by atoms with Gasteiger partial charge >= 0.3 is 0 Å². The minimum absolute atomic E-state index is 0.476. The van der Waals surface area contributed by atoms with E-state index >= 15 is 0 Å². The van der Waals surface area contributed by atoms with E-state index in [1.807, 2.05) is 0 Å². The molecule has 0 fully saturated rings. The quantitative estimate of drug-likeness (QED) is 0.832. The summed E-state index contributed by atoms with van der Waals surface area (Å²) in [5.41, 5.74) is 3.92. The summed E-state index contributed by atoms with van der Waals surface area (Å²) in [6.45, 7) is 8.31. The Hall–Kier alpha value is -1.61. The molecule has 1 unspecified atom stereocenters. The van der Waals surface area contributed by atoms with Crippen LogP contribution in [0.25, 0.3) is 0 Å². The molecule has 1 atom stereocenters. The van der Waals surface area contributed by atoms with Crippen LogP contribution in [-0.4, -0.2) is 9.78 Å². The highest BCUT2D eigenvalue weighted by atomic mass is 15.3. The highest BCUT2D eigenvalue weighted by Crippen LogP contribution is 2.11. The molecule has 20 heavy (non-hydrogen) atoms. The molecule has 0 aliphatic rings. The summed E-state index contributed by atoms with van der Waals surface area (Å²) < 4.78 is 2.05. The molecule has 0 saturated carbocycles. The maximum atomic E-state index is 4.61. The molecule has 0 aliphatic carbocycles. The van der Waals surface area contributed by atoms with E-state index in [-0.39, 0.29) is 0 Å². The molecule has 3 nitrogen and oxygen atoms in total. The normalized spacial score (nSPS) is 12.6. The average molecular weight is 271 g/mol. The summed E-state index contributed by atoms with van der Waals surface area (Å²) in [4.78, 5) is 0. The minimum Gasteiger partial charge on any atom is -0.307 e. The molecule has 0 saturated heterocycles. The fourth-order valence-corrected chi connectivity index (χ4v) is 2.30. The fraction of sp³-hybridized carbons (Fsp3) is 0.471. The van der Waals surface area contributed by atoms with Crippen LogP contribution in [0.1, 0.15) is 50.1 Å². The summed E-state index contributed by atoms with van der Waals surface area (Å²) >= 11 is 0. The molecular weight excluding hydrogens is 246 g/mol. The number of hydrogen-bond acceptors (Lipinski definition) is 2. The predicted molar refractivity (Wildman–Crippen MR) is 83.6 cm³/mol. The van der Waals surface area contributed by atoms with Crippen molar-refractivity contribution in [3.05, 3.63) is 53.3 Å². The van der Waals surface area contributed by atoms with Crippen molar-refractivity contribution in [2.24, 2.45) is 0 Å². The zero-order valence-electron chi connectivity index (χ0n) is 12.8. The molecule has 0 amide bonds. The van der Waals surface area contributed by atoms with Gasteiger partial charge in [-0.3, -0.25) is 4.68 Å². The summed E-state index contributed by atoms with van der Waals surface area (Å²) in [5, 5.41) is 8.10. The zero-order chi connectivity index (χ0) is 14.4. The lowest BCUT2D eigenvalue weighted by Gasteiger charge is -2.09. The third kappa shape index (κ3) is 3.70. The maximum Gasteiger partial charge on any atom is 0.0762 e. The van der Waals surface area contributed by atoms with Crippen molar-refractivity contribution in [1.29, 1.82) is 0 Å². The smallest absolute Gasteiger partial charge is 0.0762 e. The van der Waals surface area contributed by atoms with E-state index in [9.17, 15) is 0 Å². The van der Waals surface area contributed by atoms with Crippen LogP contribution in [0.4, 0.5) is 0 Å². The zero-order valence-corrected chi connectivity index (χ0v) is 12.8. The van der Waals surface area contributed by atoms with E-state index in [0.717, 1.165) is 31.6 Å². The molecule has 1 aromatic heterocycles. The van der Waals surface area contributed by atoms with Gasteiger partial charge in [-0.05, 0) is 37.0 Å². The van der Waals surface area contributed by atoms with Crippen molar-refractivity contribution in [3.8, 4) is 0 Å². The Morgan fingerprint density at radius 2 is 1.85 bits per heavy atom. The van der Waals surface area contributed by atoms with Crippen LogP contribution in [0.2, 0.25) is 0 Å². The van der Waals surface area contributed by atoms with Gasteiger partial charge in [0.2, 0.25) is 0 Å². The third-order valence-electron chi connectivity index (χ3n) is 3.83. The second-order valence-corrected chi connectivity index (χ2v) is 5.27. The first-order chi connectivity index (χ1) is 9.74. The third-order valence-corrected chi connectivity index (χ3v) is 3.83. The van der Waals surface area contributed by atoms with E-state index in [1.165, 1.54) is 11.1 Å². The largest absolute Gasteiger partial charge is 0.307 e. The average Bonchev–Trinajstić information content (AvgIpc) is 2.96. The van der Waals surface area contributed by atoms with Crippen LogP contribution >= 0.6 is 0 Å². The second-order valence-electron chi connectivity index (χ2n) is 5.27. The molecule has 0 bridgehead atoms. The molecule has 1 N–H and O–H groups in total. The SMILES string of the molecule is CCc1ccccc1CNCc1ccn(C(C)CC)n1. The molecule has 1 aromatic carbocycles. The highest BCUT2D eigenvalue weighted by molar-refractivity contribution is 5.26. The Bertz CT molecular complexity index is 531. The van der Waals surface area contributed by atoms with Crippen LogP contribution in [0, 0.1) is 0 Å². The van der Waals surface area contributed by atoms with Gasteiger partial charge in [-0.25, -0.2) is 0 Å². The lowest BCUT2D eigenvalue weighted by atomic mass is 10.1. The first-order valence-electron chi connectivity index (χ1n) is 7.56. The number of aryl methyl sites for hydroxylation is 1. The Morgan fingerprint density at radius 1 is 1.10 bits per heavy atom. The van der Waals surface area contributed by atoms with E-state index in [4.69, 9.17) is 0 Å². The van der Waals surface area contributed by atoms with Gasteiger partial charge in [-0.2, -0.15) is 5.10 Å². The maximum absolute atomic E-state index is 4.61. The van der Waals surface area contributed by atoms with Crippen LogP contribution < -0.4 is 5.32 Å². The van der Waals surface area contributed by atoms with Crippen molar-refractivity contribution < 1.29 is 0 Å². The van der Waals surface area contributed by atoms with Crippen LogP contribution in [0.3, 0.4) is 0 Å². The van der Waals surface area contributed by atoms with Gasteiger partial charge in [0.15, 0.2) is 0 Å². The van der Waals surface area contributed by atoms with Gasteiger partial charge < -0.3 is 5.32 Å². The van der Waals surface area contributed by atoms with Gasteiger partial charge in [0, 0.05) is 25.3 Å². The molecule has 1 heterocycles. The number of rotatable bonds is 7. The van der Waals surface area contributed by atoms with Crippen molar-refractivity contribution in [2.75, 3.05) is 0 Å². The number of nitrogens with zero attached hydrogens (tertiary/aromatic N) is 2. The minimum atomic E-state index is 0.476. The van der Waals surface area contributed by atoms with Gasteiger partial charge in [0.25, 0.3) is 0 Å². The van der Waals surface area contributed by atoms with Crippen LogP contribution in [-0.2, 0) is 19.5 Å². The predicted octanol–water partition coefficient (Wildman–Crippen LogP) is 3.71. The number of hydrogen-bond donors (Lipinski definition) is 1. The second kappa shape index (κ2) is 7.25. The summed E-state index contributed by atoms with van der Waals surface area (Å²) in [6, 6.07) is 11.2. The molecule has 3 heteroatoms. The van der Waals surface area contributed by atoms with E-state index in [1.54, 1.807) is 0 Å². The molecular formula is C17H25N3. The molecule has 2 rings (SSSR count). The molecule has 108 valence electrons. The van der Waals surface area contributed by atoms with Gasteiger partial charge in [0.05, 0.1) is 5.69 Å². The first-order valence-corrected chi connectivity index (χ1v) is 7.56. The Morgan fingerprint density at radius 3 is 2.55 bits per heavy atom. The van der Waals surface area contributed by atoms with E-state index in [2.05, 4.69) is 72.4 Å². The number of aromatic nitrogens is 2. The number of nitrogens with one attached hydrogen (secondary N) is 1. The monoisotopic (exact) mass is 271 g/mol. The summed E-state index contributed by atoms with van der Waals surface area (Å²) in [5.74, 6) is 0. The standard InChI is InChI=1S/C17H25N3/c1-4-14(3)20-11-10-17(19-20)13-18-12-16-9-7-6-8-15(16)5-2/h6-11,14,18H,4-5,12-13H2,1-3H3. The molecule has 0 radical (unpaired) electrons. The molecule has 2 aromatic rings.